The van der Waals surface area contributed by atoms with E-state index in [0.29, 0.717) is 6.42 Å². The van der Waals surface area contributed by atoms with Crippen LogP contribution in [-0.2, 0) is 0 Å². The average molecular weight is 310 g/mol. The van der Waals surface area contributed by atoms with Crippen LogP contribution in [0.3, 0.4) is 0 Å². The molecule has 0 heterocycles. The minimum atomic E-state index is -2.30. The van der Waals surface area contributed by atoms with Crippen molar-refractivity contribution in [3.05, 3.63) is 34.6 Å². The second-order valence-electron chi connectivity index (χ2n) is 4.85. The maximum absolute atomic E-state index is 13.5. The number of carbonyl (C=O) groups is 1. The number of benzene rings is 1. The third kappa shape index (κ3) is 3.49. The molecule has 0 aliphatic carbocycles. The van der Waals surface area contributed by atoms with Gasteiger partial charge < -0.3 is 11.1 Å². The predicted molar refractivity (Wildman–Crippen MR) is 66.0 cm³/mol. The summed E-state index contributed by atoms with van der Waals surface area (Å²) in [6.45, 7) is 3.64. The number of nitrogens with one attached hydrogen (secondary N) is 1. The number of amides is 1. The molecule has 0 aromatic heterocycles. The first kappa shape index (κ1) is 17.4. The van der Waals surface area contributed by atoms with Gasteiger partial charge in [0.1, 0.15) is 5.56 Å². The van der Waals surface area contributed by atoms with E-state index < -0.39 is 46.6 Å². The Bertz CT molecular complexity index is 519. The largest absolute Gasteiger partial charge is 0.349 e. The van der Waals surface area contributed by atoms with Gasteiger partial charge in [0.25, 0.3) is 5.91 Å². The first-order chi connectivity index (χ1) is 9.72. The Morgan fingerprint density at radius 3 is 1.81 bits per heavy atom. The zero-order chi connectivity index (χ0) is 16.3. The maximum atomic E-state index is 13.5. The van der Waals surface area contributed by atoms with Gasteiger partial charge >= 0.3 is 0 Å². The SMILES string of the molecule is CC(C)C(CCN)NC(=O)c1c(F)c(F)c(F)c(F)c1F. The summed E-state index contributed by atoms with van der Waals surface area (Å²) in [5.74, 6) is -12.4. The number of carbonyl (C=O) groups excluding carboxylic acids is 1. The van der Waals surface area contributed by atoms with Crippen LogP contribution in [0.5, 0.6) is 0 Å². The number of rotatable bonds is 5. The van der Waals surface area contributed by atoms with Gasteiger partial charge in [-0.1, -0.05) is 13.8 Å². The summed E-state index contributed by atoms with van der Waals surface area (Å²) in [6, 6.07) is -0.544. The molecule has 1 rings (SSSR count). The van der Waals surface area contributed by atoms with Crippen LogP contribution in [-0.4, -0.2) is 18.5 Å². The van der Waals surface area contributed by atoms with Crippen molar-refractivity contribution in [1.29, 1.82) is 0 Å². The van der Waals surface area contributed by atoms with Gasteiger partial charge in [-0.3, -0.25) is 4.79 Å². The number of hydrogen-bond acceptors (Lipinski definition) is 2. The van der Waals surface area contributed by atoms with Gasteiger partial charge in [-0.2, -0.15) is 0 Å². The highest BCUT2D eigenvalue weighted by Crippen LogP contribution is 2.23. The molecule has 0 aliphatic rings. The Balaban J connectivity index is 3.19. The van der Waals surface area contributed by atoms with E-state index in [1.54, 1.807) is 13.8 Å². The fraction of sp³-hybridized carbons (Fsp3) is 0.462. The van der Waals surface area contributed by atoms with Crippen molar-refractivity contribution >= 4 is 5.91 Å². The van der Waals surface area contributed by atoms with Crippen LogP contribution in [0.2, 0.25) is 0 Å². The molecule has 0 fully saturated rings. The molecule has 0 bridgehead atoms. The van der Waals surface area contributed by atoms with E-state index in [0.717, 1.165) is 0 Å². The average Bonchev–Trinajstić information content (AvgIpc) is 2.42. The van der Waals surface area contributed by atoms with E-state index in [1.807, 2.05) is 0 Å². The summed E-state index contributed by atoms with van der Waals surface area (Å²) in [5, 5.41) is 2.23. The lowest BCUT2D eigenvalue weighted by Gasteiger charge is -2.22. The molecular weight excluding hydrogens is 295 g/mol. The summed E-state index contributed by atoms with van der Waals surface area (Å²) in [7, 11) is 0. The molecule has 1 unspecified atom stereocenters. The lowest BCUT2D eigenvalue weighted by Crippen LogP contribution is -2.41. The molecule has 1 atom stereocenters. The molecule has 0 saturated heterocycles. The second-order valence-corrected chi connectivity index (χ2v) is 4.85. The normalized spacial score (nSPS) is 12.6. The van der Waals surface area contributed by atoms with Crippen LogP contribution in [0.15, 0.2) is 0 Å². The van der Waals surface area contributed by atoms with Gasteiger partial charge in [0.05, 0.1) is 0 Å². The van der Waals surface area contributed by atoms with E-state index in [1.165, 1.54) is 0 Å². The molecule has 1 aromatic rings. The number of nitrogens with two attached hydrogens (primary N) is 1. The zero-order valence-electron chi connectivity index (χ0n) is 11.4. The molecule has 3 N–H and O–H groups in total. The molecule has 0 spiro atoms. The lowest BCUT2D eigenvalue weighted by molar-refractivity contribution is 0.0912. The number of halogens is 5. The summed E-state index contributed by atoms with van der Waals surface area (Å²) >= 11 is 0. The van der Waals surface area contributed by atoms with Crippen LogP contribution in [0, 0.1) is 35.0 Å². The third-order valence-electron chi connectivity index (χ3n) is 3.04. The Kier molecular flexibility index (Phi) is 5.65. The summed E-state index contributed by atoms with van der Waals surface area (Å²) in [6.07, 6.45) is 0.304. The molecule has 0 saturated carbocycles. The summed E-state index contributed by atoms with van der Waals surface area (Å²) < 4.78 is 66.0. The molecule has 1 amide bonds. The molecular formula is C13H15F5N2O. The molecule has 8 heteroatoms. The van der Waals surface area contributed by atoms with Gasteiger partial charge in [0, 0.05) is 6.04 Å². The molecule has 118 valence electrons. The zero-order valence-corrected chi connectivity index (χ0v) is 11.4. The predicted octanol–water partition coefficient (Wildman–Crippen LogP) is 2.49. The molecule has 21 heavy (non-hydrogen) atoms. The van der Waals surface area contributed by atoms with Crippen molar-refractivity contribution < 1.29 is 26.7 Å². The Hall–Kier alpha value is -1.70. The van der Waals surface area contributed by atoms with Crippen LogP contribution >= 0.6 is 0 Å². The minimum absolute atomic E-state index is 0.126. The van der Waals surface area contributed by atoms with Crippen LogP contribution in [0.25, 0.3) is 0 Å². The fourth-order valence-electron chi connectivity index (χ4n) is 1.80. The maximum Gasteiger partial charge on any atom is 0.257 e. The molecule has 3 nitrogen and oxygen atoms in total. The first-order valence-electron chi connectivity index (χ1n) is 6.24. The Morgan fingerprint density at radius 2 is 1.43 bits per heavy atom. The van der Waals surface area contributed by atoms with Crippen molar-refractivity contribution in [3.63, 3.8) is 0 Å². The van der Waals surface area contributed by atoms with Crippen LogP contribution in [0.1, 0.15) is 30.6 Å². The van der Waals surface area contributed by atoms with E-state index in [4.69, 9.17) is 5.73 Å². The van der Waals surface area contributed by atoms with Crippen LogP contribution in [0.4, 0.5) is 22.0 Å². The third-order valence-corrected chi connectivity index (χ3v) is 3.04. The monoisotopic (exact) mass is 310 g/mol. The highest BCUT2D eigenvalue weighted by molar-refractivity contribution is 5.95. The van der Waals surface area contributed by atoms with Crippen molar-refractivity contribution in [2.75, 3.05) is 6.54 Å². The van der Waals surface area contributed by atoms with Gasteiger partial charge in [0.2, 0.25) is 5.82 Å². The highest BCUT2D eigenvalue weighted by atomic mass is 19.2. The van der Waals surface area contributed by atoms with Crippen molar-refractivity contribution in [1.82, 2.24) is 5.32 Å². The molecule has 0 aliphatic heterocycles. The van der Waals surface area contributed by atoms with Gasteiger partial charge in [-0.15, -0.1) is 0 Å². The quantitative estimate of drug-likeness (QED) is 0.499. The lowest BCUT2D eigenvalue weighted by atomic mass is 10.00. The van der Waals surface area contributed by atoms with Crippen molar-refractivity contribution in [2.45, 2.75) is 26.3 Å². The summed E-state index contributed by atoms with van der Waals surface area (Å²) in [4.78, 5) is 11.8. The minimum Gasteiger partial charge on any atom is -0.349 e. The second kappa shape index (κ2) is 6.84. The molecule has 1 aromatic carbocycles. The van der Waals surface area contributed by atoms with Gasteiger partial charge in [-0.05, 0) is 18.9 Å². The van der Waals surface area contributed by atoms with E-state index in [9.17, 15) is 26.7 Å². The Labute approximate surface area is 118 Å². The van der Waals surface area contributed by atoms with Crippen molar-refractivity contribution in [3.8, 4) is 0 Å². The van der Waals surface area contributed by atoms with Gasteiger partial charge in [-0.25, -0.2) is 22.0 Å². The van der Waals surface area contributed by atoms with E-state index in [2.05, 4.69) is 5.32 Å². The first-order valence-corrected chi connectivity index (χ1v) is 6.24. The standard InChI is InChI=1S/C13H15F5N2O/c1-5(2)6(3-4-19)20-13(21)7-8(14)10(16)12(18)11(17)9(7)15/h5-6H,3-4,19H2,1-2H3,(H,20,21). The van der Waals surface area contributed by atoms with E-state index in [-0.39, 0.29) is 12.5 Å². The number of hydrogen-bond donors (Lipinski definition) is 2. The van der Waals surface area contributed by atoms with Crippen molar-refractivity contribution in [2.24, 2.45) is 11.7 Å². The van der Waals surface area contributed by atoms with E-state index >= 15 is 0 Å². The smallest absolute Gasteiger partial charge is 0.257 e. The topological polar surface area (TPSA) is 55.1 Å². The fourth-order valence-corrected chi connectivity index (χ4v) is 1.80. The van der Waals surface area contributed by atoms with Gasteiger partial charge in [0.15, 0.2) is 23.3 Å². The summed E-state index contributed by atoms with van der Waals surface area (Å²) in [5.41, 5.74) is 3.85. The molecule has 0 radical (unpaired) electrons. The Morgan fingerprint density at radius 1 is 1.00 bits per heavy atom. The highest BCUT2D eigenvalue weighted by Gasteiger charge is 2.30. The van der Waals surface area contributed by atoms with Crippen LogP contribution < -0.4 is 11.1 Å².